The molecule has 4 heteroatoms. The molecule has 0 fully saturated rings. The standard InChI is InChI=1S/C17H25BrO3/c1-19-10-11-21-13-12-20-9-8-15-7-6-14-4-2-3-5-16(14)17(15)18/h2-5,15,17H,6-13H2,1H3. The molecule has 0 amide bonds. The molecule has 0 radical (unpaired) electrons. The molecule has 1 aliphatic rings. The van der Waals surface area contributed by atoms with Gasteiger partial charge in [0.25, 0.3) is 0 Å². The zero-order valence-electron chi connectivity index (χ0n) is 12.7. The number of alkyl halides is 1. The van der Waals surface area contributed by atoms with E-state index >= 15 is 0 Å². The van der Waals surface area contributed by atoms with Crippen LogP contribution in [0.4, 0.5) is 0 Å². The van der Waals surface area contributed by atoms with Crippen molar-refractivity contribution in [2.24, 2.45) is 5.92 Å². The molecule has 0 aromatic heterocycles. The van der Waals surface area contributed by atoms with Crippen LogP contribution in [0.25, 0.3) is 0 Å². The third kappa shape index (κ3) is 5.37. The highest BCUT2D eigenvalue weighted by molar-refractivity contribution is 9.09. The normalized spacial score (nSPS) is 21.2. The molecular weight excluding hydrogens is 332 g/mol. The monoisotopic (exact) mass is 356 g/mol. The first-order valence-corrected chi connectivity index (χ1v) is 8.60. The minimum atomic E-state index is 0.462. The van der Waals surface area contributed by atoms with Crippen LogP contribution in [-0.4, -0.2) is 40.1 Å². The Morgan fingerprint density at radius 1 is 1.05 bits per heavy atom. The van der Waals surface area contributed by atoms with Crippen LogP contribution < -0.4 is 0 Å². The Morgan fingerprint density at radius 3 is 2.57 bits per heavy atom. The second-order valence-electron chi connectivity index (χ2n) is 5.41. The summed E-state index contributed by atoms with van der Waals surface area (Å²) in [6, 6.07) is 8.74. The van der Waals surface area contributed by atoms with E-state index in [9.17, 15) is 0 Å². The molecular formula is C17H25BrO3. The predicted octanol–water partition coefficient (Wildman–Crippen LogP) is 3.75. The Balaban J connectivity index is 1.62. The van der Waals surface area contributed by atoms with E-state index < -0.39 is 0 Å². The first kappa shape index (κ1) is 16.9. The number of rotatable bonds is 9. The van der Waals surface area contributed by atoms with Crippen molar-refractivity contribution in [2.75, 3.05) is 40.1 Å². The van der Waals surface area contributed by atoms with Crippen molar-refractivity contribution < 1.29 is 14.2 Å². The van der Waals surface area contributed by atoms with Gasteiger partial charge in [-0.05, 0) is 36.3 Å². The Hall–Kier alpha value is -0.420. The highest BCUT2D eigenvalue weighted by Crippen LogP contribution is 2.41. The zero-order valence-corrected chi connectivity index (χ0v) is 14.3. The van der Waals surface area contributed by atoms with Crippen LogP contribution >= 0.6 is 15.9 Å². The van der Waals surface area contributed by atoms with Crippen LogP contribution in [0.2, 0.25) is 0 Å². The average molecular weight is 357 g/mol. The fraction of sp³-hybridized carbons (Fsp3) is 0.647. The smallest absolute Gasteiger partial charge is 0.0701 e. The number of benzene rings is 1. The minimum absolute atomic E-state index is 0.462. The van der Waals surface area contributed by atoms with Crippen molar-refractivity contribution in [3.63, 3.8) is 0 Å². The van der Waals surface area contributed by atoms with Crippen molar-refractivity contribution in [3.8, 4) is 0 Å². The molecule has 0 heterocycles. The molecule has 0 bridgehead atoms. The lowest BCUT2D eigenvalue weighted by atomic mass is 9.82. The van der Waals surface area contributed by atoms with E-state index in [0.717, 1.165) is 13.0 Å². The van der Waals surface area contributed by atoms with E-state index in [0.29, 0.717) is 37.2 Å². The summed E-state index contributed by atoms with van der Waals surface area (Å²) in [6.07, 6.45) is 3.52. The lowest BCUT2D eigenvalue weighted by molar-refractivity contribution is 0.0215. The third-order valence-electron chi connectivity index (χ3n) is 3.99. The number of methoxy groups -OCH3 is 1. The summed E-state index contributed by atoms with van der Waals surface area (Å²) in [7, 11) is 1.68. The fourth-order valence-electron chi connectivity index (χ4n) is 2.76. The van der Waals surface area contributed by atoms with Crippen molar-refractivity contribution in [1.82, 2.24) is 0 Å². The first-order chi connectivity index (χ1) is 10.3. The van der Waals surface area contributed by atoms with Crippen molar-refractivity contribution in [3.05, 3.63) is 35.4 Å². The minimum Gasteiger partial charge on any atom is -0.382 e. The molecule has 0 aliphatic heterocycles. The quantitative estimate of drug-likeness (QED) is 0.498. The third-order valence-corrected chi connectivity index (χ3v) is 5.23. The van der Waals surface area contributed by atoms with Crippen molar-refractivity contribution in [2.45, 2.75) is 24.1 Å². The summed E-state index contributed by atoms with van der Waals surface area (Å²) < 4.78 is 16.0. The maximum atomic E-state index is 5.67. The first-order valence-electron chi connectivity index (χ1n) is 7.69. The summed E-state index contributed by atoms with van der Waals surface area (Å²) in [4.78, 5) is 0.462. The van der Waals surface area contributed by atoms with Gasteiger partial charge in [-0.2, -0.15) is 0 Å². The number of aryl methyl sites for hydroxylation is 1. The van der Waals surface area contributed by atoms with Gasteiger partial charge in [-0.25, -0.2) is 0 Å². The molecule has 0 saturated carbocycles. The van der Waals surface area contributed by atoms with Gasteiger partial charge in [-0.15, -0.1) is 0 Å². The second-order valence-corrected chi connectivity index (χ2v) is 6.39. The molecule has 0 spiro atoms. The van der Waals surface area contributed by atoms with E-state index in [1.807, 2.05) is 0 Å². The maximum Gasteiger partial charge on any atom is 0.0701 e. The molecule has 0 saturated heterocycles. The molecule has 2 unspecified atom stereocenters. The SMILES string of the molecule is COCCOCCOCCC1CCc2ccccc2C1Br. The molecule has 2 atom stereocenters. The van der Waals surface area contributed by atoms with Gasteiger partial charge >= 0.3 is 0 Å². The van der Waals surface area contributed by atoms with E-state index in [2.05, 4.69) is 40.2 Å². The Bertz CT molecular complexity index is 411. The predicted molar refractivity (Wildman–Crippen MR) is 88.1 cm³/mol. The fourth-order valence-corrected chi connectivity index (χ4v) is 3.74. The summed E-state index contributed by atoms with van der Waals surface area (Å²) in [5.41, 5.74) is 2.94. The molecule has 1 aromatic carbocycles. The summed E-state index contributed by atoms with van der Waals surface area (Å²) >= 11 is 3.87. The van der Waals surface area contributed by atoms with E-state index in [-0.39, 0.29) is 0 Å². The molecule has 2 rings (SSSR count). The zero-order chi connectivity index (χ0) is 14.9. The molecule has 21 heavy (non-hydrogen) atoms. The number of ether oxygens (including phenoxy) is 3. The Morgan fingerprint density at radius 2 is 1.76 bits per heavy atom. The van der Waals surface area contributed by atoms with Gasteiger partial charge in [0.05, 0.1) is 26.4 Å². The molecule has 0 N–H and O–H groups in total. The highest BCUT2D eigenvalue weighted by atomic mass is 79.9. The summed E-state index contributed by atoms with van der Waals surface area (Å²) in [5, 5.41) is 0. The van der Waals surface area contributed by atoms with Gasteiger partial charge in [-0.3, -0.25) is 0 Å². The maximum absolute atomic E-state index is 5.67. The Kier molecular flexibility index (Phi) is 7.72. The molecule has 3 nitrogen and oxygen atoms in total. The number of halogens is 1. The largest absolute Gasteiger partial charge is 0.382 e. The van der Waals surface area contributed by atoms with Crippen molar-refractivity contribution in [1.29, 1.82) is 0 Å². The summed E-state index contributed by atoms with van der Waals surface area (Å²) in [5.74, 6) is 0.661. The topological polar surface area (TPSA) is 27.7 Å². The van der Waals surface area contributed by atoms with Gasteiger partial charge in [0.1, 0.15) is 0 Å². The van der Waals surface area contributed by atoms with Gasteiger partial charge in [0.15, 0.2) is 0 Å². The average Bonchev–Trinajstić information content (AvgIpc) is 2.52. The van der Waals surface area contributed by atoms with Gasteiger partial charge < -0.3 is 14.2 Å². The van der Waals surface area contributed by atoms with Crippen LogP contribution in [0.5, 0.6) is 0 Å². The van der Waals surface area contributed by atoms with Crippen LogP contribution in [0.1, 0.15) is 28.8 Å². The van der Waals surface area contributed by atoms with Crippen molar-refractivity contribution >= 4 is 15.9 Å². The number of hydrogen-bond donors (Lipinski definition) is 0. The van der Waals surface area contributed by atoms with Gasteiger partial charge in [0.2, 0.25) is 0 Å². The van der Waals surface area contributed by atoms with Crippen LogP contribution in [0.3, 0.4) is 0 Å². The summed E-state index contributed by atoms with van der Waals surface area (Å²) in [6.45, 7) is 3.41. The number of fused-ring (bicyclic) bond motifs is 1. The number of hydrogen-bond acceptors (Lipinski definition) is 3. The molecule has 1 aromatic rings. The highest BCUT2D eigenvalue weighted by Gasteiger charge is 2.26. The molecule has 118 valence electrons. The van der Waals surface area contributed by atoms with Crippen LogP contribution in [0, 0.1) is 5.92 Å². The van der Waals surface area contributed by atoms with Gasteiger partial charge in [0, 0.05) is 18.5 Å². The van der Waals surface area contributed by atoms with E-state index in [1.165, 1.54) is 24.0 Å². The Labute approximate surface area is 136 Å². The lowest BCUT2D eigenvalue weighted by Gasteiger charge is -2.29. The van der Waals surface area contributed by atoms with E-state index in [4.69, 9.17) is 14.2 Å². The molecule has 1 aliphatic carbocycles. The van der Waals surface area contributed by atoms with E-state index in [1.54, 1.807) is 7.11 Å². The van der Waals surface area contributed by atoms with Gasteiger partial charge in [-0.1, -0.05) is 40.2 Å². The van der Waals surface area contributed by atoms with Crippen LogP contribution in [0.15, 0.2) is 24.3 Å². The van der Waals surface area contributed by atoms with Crippen LogP contribution in [-0.2, 0) is 20.6 Å². The lowest BCUT2D eigenvalue weighted by Crippen LogP contribution is -2.19. The second kappa shape index (κ2) is 9.57.